The van der Waals surface area contributed by atoms with Gasteiger partial charge >= 0.3 is 0 Å². The molecule has 5 heteroatoms. The predicted molar refractivity (Wildman–Crippen MR) is 69.8 cm³/mol. The summed E-state index contributed by atoms with van der Waals surface area (Å²) in [5, 5.41) is 6.59. The van der Waals surface area contributed by atoms with Gasteiger partial charge < -0.3 is 15.4 Å². The molecule has 0 unspecified atom stereocenters. The molecule has 18 heavy (non-hydrogen) atoms. The van der Waals surface area contributed by atoms with Gasteiger partial charge in [-0.1, -0.05) is 0 Å². The molecule has 0 saturated carbocycles. The lowest BCUT2D eigenvalue weighted by Gasteiger charge is -2.24. The summed E-state index contributed by atoms with van der Waals surface area (Å²) in [4.78, 5) is 9.51. The van der Waals surface area contributed by atoms with E-state index in [0.717, 1.165) is 57.2 Å². The molecule has 0 amide bonds. The molecule has 1 fully saturated rings. The van der Waals surface area contributed by atoms with Gasteiger partial charge in [0.2, 0.25) is 0 Å². The third kappa shape index (κ3) is 2.20. The molecule has 5 nitrogen and oxygen atoms in total. The summed E-state index contributed by atoms with van der Waals surface area (Å²) in [6.45, 7) is 3.56. The van der Waals surface area contributed by atoms with Crippen LogP contribution in [0.4, 0.5) is 5.82 Å². The van der Waals surface area contributed by atoms with Gasteiger partial charge in [0.25, 0.3) is 0 Å². The van der Waals surface area contributed by atoms with Gasteiger partial charge in [-0.05, 0) is 12.8 Å². The Balaban J connectivity index is 1.94. The first-order valence-electron chi connectivity index (χ1n) is 6.74. The monoisotopic (exact) mass is 248 g/mol. The summed E-state index contributed by atoms with van der Waals surface area (Å²) in [5.41, 5.74) is 2.45. The van der Waals surface area contributed by atoms with Crippen LogP contribution < -0.4 is 10.6 Å². The number of hydrogen-bond acceptors (Lipinski definition) is 5. The van der Waals surface area contributed by atoms with Gasteiger partial charge in [0.15, 0.2) is 0 Å². The summed E-state index contributed by atoms with van der Waals surface area (Å²) < 4.78 is 5.41. The van der Waals surface area contributed by atoms with E-state index in [2.05, 4.69) is 10.6 Å². The van der Waals surface area contributed by atoms with Gasteiger partial charge in [-0.2, -0.15) is 0 Å². The Hall–Kier alpha value is -1.20. The normalized spacial score (nSPS) is 20.5. The largest absolute Gasteiger partial charge is 0.381 e. The van der Waals surface area contributed by atoms with Crippen molar-refractivity contribution in [3.8, 4) is 0 Å². The van der Waals surface area contributed by atoms with E-state index in [1.54, 1.807) is 0 Å². The maximum Gasteiger partial charge on any atom is 0.134 e. The molecule has 0 bridgehead atoms. The number of rotatable bonds is 2. The average Bonchev–Trinajstić information content (AvgIpc) is 2.47. The molecule has 0 atom stereocenters. The third-order valence-corrected chi connectivity index (χ3v) is 3.77. The van der Waals surface area contributed by atoms with Crippen LogP contribution in [-0.2, 0) is 17.7 Å². The van der Waals surface area contributed by atoms with Crippen LogP contribution in [0.5, 0.6) is 0 Å². The second-order valence-corrected chi connectivity index (χ2v) is 4.92. The zero-order chi connectivity index (χ0) is 12.4. The molecule has 3 rings (SSSR count). The summed E-state index contributed by atoms with van der Waals surface area (Å²) in [7, 11) is 1.94. The van der Waals surface area contributed by atoms with E-state index in [1.165, 1.54) is 11.3 Å². The highest BCUT2D eigenvalue weighted by Crippen LogP contribution is 2.28. The molecule has 0 spiro atoms. The number of fused-ring (bicyclic) bond motifs is 1. The van der Waals surface area contributed by atoms with Gasteiger partial charge in [-0.3, -0.25) is 0 Å². The summed E-state index contributed by atoms with van der Waals surface area (Å²) in [6.07, 6.45) is 3.09. The minimum absolute atomic E-state index is 0.464. The number of anilines is 1. The molecule has 3 heterocycles. The molecule has 0 aliphatic carbocycles. The Morgan fingerprint density at radius 3 is 2.89 bits per heavy atom. The first-order valence-corrected chi connectivity index (χ1v) is 6.74. The van der Waals surface area contributed by atoms with Crippen molar-refractivity contribution in [3.63, 3.8) is 0 Å². The van der Waals surface area contributed by atoms with Gasteiger partial charge in [0.05, 0.1) is 5.69 Å². The fourth-order valence-corrected chi connectivity index (χ4v) is 2.71. The highest BCUT2D eigenvalue weighted by atomic mass is 16.5. The first kappa shape index (κ1) is 11.9. The zero-order valence-electron chi connectivity index (χ0n) is 10.8. The van der Waals surface area contributed by atoms with Crippen molar-refractivity contribution in [2.24, 2.45) is 0 Å². The number of hydrogen-bond donors (Lipinski definition) is 2. The fourth-order valence-electron chi connectivity index (χ4n) is 2.71. The van der Waals surface area contributed by atoms with Crippen LogP contribution in [-0.4, -0.2) is 36.8 Å². The van der Waals surface area contributed by atoms with Crippen LogP contribution in [0.3, 0.4) is 0 Å². The Labute approximate surface area is 107 Å². The van der Waals surface area contributed by atoms with Crippen LogP contribution in [0.1, 0.15) is 35.8 Å². The predicted octanol–water partition coefficient (Wildman–Crippen LogP) is 1.06. The van der Waals surface area contributed by atoms with E-state index < -0.39 is 0 Å². The van der Waals surface area contributed by atoms with E-state index in [4.69, 9.17) is 14.7 Å². The number of aromatic nitrogens is 2. The molecule has 0 radical (unpaired) electrons. The van der Waals surface area contributed by atoms with Crippen molar-refractivity contribution < 1.29 is 4.74 Å². The van der Waals surface area contributed by atoms with E-state index in [1.807, 2.05) is 7.05 Å². The minimum Gasteiger partial charge on any atom is -0.381 e. The molecule has 1 saturated heterocycles. The Bertz CT molecular complexity index is 412. The van der Waals surface area contributed by atoms with Gasteiger partial charge in [0, 0.05) is 51.3 Å². The zero-order valence-corrected chi connectivity index (χ0v) is 10.8. The average molecular weight is 248 g/mol. The third-order valence-electron chi connectivity index (χ3n) is 3.77. The number of nitrogens with zero attached hydrogens (tertiary/aromatic N) is 2. The molecule has 2 aliphatic heterocycles. The highest BCUT2D eigenvalue weighted by molar-refractivity contribution is 5.47. The van der Waals surface area contributed by atoms with Gasteiger partial charge in [0.1, 0.15) is 11.6 Å². The van der Waals surface area contributed by atoms with Crippen LogP contribution in [0.2, 0.25) is 0 Å². The van der Waals surface area contributed by atoms with Crippen molar-refractivity contribution in [2.45, 2.75) is 31.7 Å². The second-order valence-electron chi connectivity index (χ2n) is 4.92. The van der Waals surface area contributed by atoms with Gasteiger partial charge in [-0.15, -0.1) is 0 Å². The van der Waals surface area contributed by atoms with Crippen LogP contribution in [0.25, 0.3) is 0 Å². The second kappa shape index (κ2) is 5.20. The molecule has 98 valence electrons. The first-order chi connectivity index (χ1) is 8.88. The topological polar surface area (TPSA) is 59.1 Å². The van der Waals surface area contributed by atoms with Crippen molar-refractivity contribution in [1.82, 2.24) is 15.3 Å². The maximum atomic E-state index is 5.41. The van der Waals surface area contributed by atoms with Crippen LogP contribution in [0.15, 0.2) is 0 Å². The fraction of sp³-hybridized carbons (Fsp3) is 0.692. The summed E-state index contributed by atoms with van der Waals surface area (Å²) >= 11 is 0. The van der Waals surface area contributed by atoms with Crippen molar-refractivity contribution in [3.05, 3.63) is 17.1 Å². The van der Waals surface area contributed by atoms with Crippen molar-refractivity contribution >= 4 is 5.82 Å². The standard InChI is InChI=1S/C13H20N4O/c1-14-13-10-8-15-5-2-11(10)16-12(17-13)9-3-6-18-7-4-9/h9,15H,2-8H2,1H3,(H,14,16,17). The van der Waals surface area contributed by atoms with E-state index in [-0.39, 0.29) is 0 Å². The minimum atomic E-state index is 0.464. The Morgan fingerprint density at radius 2 is 2.11 bits per heavy atom. The molecule has 2 N–H and O–H groups in total. The lowest BCUT2D eigenvalue weighted by Crippen LogP contribution is -2.27. The van der Waals surface area contributed by atoms with E-state index >= 15 is 0 Å². The molecule has 1 aromatic heterocycles. The lowest BCUT2D eigenvalue weighted by atomic mass is 9.98. The van der Waals surface area contributed by atoms with Crippen LogP contribution in [0, 0.1) is 0 Å². The Kier molecular flexibility index (Phi) is 3.43. The molecule has 2 aliphatic rings. The number of nitrogens with one attached hydrogen (secondary N) is 2. The van der Waals surface area contributed by atoms with Crippen molar-refractivity contribution in [1.29, 1.82) is 0 Å². The molecule has 0 aromatic carbocycles. The van der Waals surface area contributed by atoms with Crippen molar-refractivity contribution in [2.75, 3.05) is 32.1 Å². The summed E-state index contributed by atoms with van der Waals surface area (Å²) in [6, 6.07) is 0. The van der Waals surface area contributed by atoms with Gasteiger partial charge in [-0.25, -0.2) is 9.97 Å². The van der Waals surface area contributed by atoms with E-state index in [0.29, 0.717) is 5.92 Å². The SMILES string of the molecule is CNc1nc(C2CCOCC2)nc2c1CNCC2. The smallest absolute Gasteiger partial charge is 0.134 e. The Morgan fingerprint density at radius 1 is 1.28 bits per heavy atom. The summed E-state index contributed by atoms with van der Waals surface area (Å²) in [5.74, 6) is 2.46. The van der Waals surface area contributed by atoms with E-state index in [9.17, 15) is 0 Å². The molecular formula is C13H20N4O. The highest BCUT2D eigenvalue weighted by Gasteiger charge is 2.23. The molecule has 1 aromatic rings. The number of ether oxygens (including phenoxy) is 1. The molecular weight excluding hydrogens is 228 g/mol. The van der Waals surface area contributed by atoms with Crippen LogP contribution >= 0.6 is 0 Å². The lowest BCUT2D eigenvalue weighted by molar-refractivity contribution is 0.0835. The quantitative estimate of drug-likeness (QED) is 0.819. The maximum absolute atomic E-state index is 5.41.